The lowest BCUT2D eigenvalue weighted by atomic mass is 9.78. The Kier molecular flexibility index (Phi) is 4.31. The second-order valence-corrected chi connectivity index (χ2v) is 6.06. The van der Waals surface area contributed by atoms with Gasteiger partial charge in [-0.1, -0.05) is 36.3 Å². The Bertz CT molecular complexity index is 976. The van der Waals surface area contributed by atoms with Crippen molar-refractivity contribution < 1.29 is 15.0 Å². The minimum absolute atomic E-state index is 0.104. The molecule has 1 aliphatic heterocycles. The van der Waals surface area contributed by atoms with Crippen molar-refractivity contribution >= 4 is 11.5 Å². The zero-order chi connectivity index (χ0) is 18.9. The smallest absolute Gasteiger partial charge is 0.200 e. The predicted molar refractivity (Wildman–Crippen MR) is 102 cm³/mol. The number of nitrogens with zero attached hydrogens (tertiary/aromatic N) is 1. The summed E-state index contributed by atoms with van der Waals surface area (Å²) in [4.78, 5) is 15.5. The number of aliphatic hydroxyl groups excluding tert-OH is 1. The van der Waals surface area contributed by atoms with Crippen LogP contribution < -0.4 is 4.90 Å². The maximum atomic E-state index is 13.6. The van der Waals surface area contributed by atoms with Gasteiger partial charge < -0.3 is 15.1 Å². The third-order valence-electron chi connectivity index (χ3n) is 4.65. The van der Waals surface area contributed by atoms with Crippen molar-refractivity contribution in [2.24, 2.45) is 0 Å². The van der Waals surface area contributed by atoms with E-state index in [0.29, 0.717) is 16.7 Å². The maximum Gasteiger partial charge on any atom is 0.200 e. The van der Waals surface area contributed by atoms with Gasteiger partial charge in [-0.15, -0.1) is 0 Å². The van der Waals surface area contributed by atoms with Gasteiger partial charge in [-0.05, 0) is 49.3 Å². The van der Waals surface area contributed by atoms with Gasteiger partial charge in [-0.3, -0.25) is 4.79 Å². The van der Waals surface area contributed by atoms with Crippen LogP contribution in [0, 0.1) is 11.8 Å². The van der Waals surface area contributed by atoms with E-state index in [9.17, 15) is 15.0 Å². The molecule has 26 heavy (non-hydrogen) atoms. The number of phenolic OH excluding ortho intramolecular Hbond substituents is 1. The van der Waals surface area contributed by atoms with Gasteiger partial charge in [0.2, 0.25) is 0 Å². The highest BCUT2D eigenvalue weighted by Crippen LogP contribution is 2.48. The number of hydrogen-bond acceptors (Lipinski definition) is 4. The Morgan fingerprint density at radius 3 is 2.38 bits per heavy atom. The van der Waals surface area contributed by atoms with E-state index >= 15 is 0 Å². The van der Waals surface area contributed by atoms with Gasteiger partial charge in [-0.25, -0.2) is 0 Å². The Labute approximate surface area is 152 Å². The number of para-hydroxylation sites is 1. The number of carbonyl (C=O) groups is 1. The number of fused-ring (bicyclic) bond motifs is 1. The van der Waals surface area contributed by atoms with Crippen molar-refractivity contribution in [3.05, 3.63) is 83.6 Å². The first-order valence-electron chi connectivity index (χ1n) is 8.16. The number of hydrogen-bond donors (Lipinski definition) is 2. The Hall–Kier alpha value is -3.45. The van der Waals surface area contributed by atoms with Crippen molar-refractivity contribution in [3.63, 3.8) is 0 Å². The molecule has 0 aliphatic carbocycles. The van der Waals surface area contributed by atoms with E-state index in [4.69, 9.17) is 0 Å². The van der Waals surface area contributed by atoms with Crippen molar-refractivity contribution in [3.8, 4) is 17.6 Å². The number of aliphatic hydroxyl groups is 1. The summed E-state index contributed by atoms with van der Waals surface area (Å²) in [6.45, 7) is 5.20. The molecule has 1 aliphatic rings. The third-order valence-corrected chi connectivity index (χ3v) is 4.65. The highest BCUT2D eigenvalue weighted by Gasteiger charge is 2.53. The van der Waals surface area contributed by atoms with Crippen molar-refractivity contribution in [2.45, 2.75) is 12.5 Å². The van der Waals surface area contributed by atoms with E-state index in [2.05, 4.69) is 18.4 Å². The number of allylic oxidation sites excluding steroid dienone is 2. The number of ketones is 1. The minimum atomic E-state index is -1.17. The summed E-state index contributed by atoms with van der Waals surface area (Å²) >= 11 is 0. The van der Waals surface area contributed by atoms with Crippen LogP contribution in [0.4, 0.5) is 5.69 Å². The fourth-order valence-corrected chi connectivity index (χ4v) is 3.48. The van der Waals surface area contributed by atoms with Gasteiger partial charge in [0, 0.05) is 23.9 Å². The van der Waals surface area contributed by atoms with Crippen LogP contribution in [0.25, 0.3) is 0 Å². The lowest BCUT2D eigenvalue weighted by molar-refractivity contribution is 0.0928. The van der Waals surface area contributed by atoms with Crippen molar-refractivity contribution in [1.29, 1.82) is 0 Å². The third kappa shape index (κ3) is 2.46. The fraction of sp³-hybridized carbons (Fsp3) is 0.136. The molecule has 4 nitrogen and oxygen atoms in total. The molecule has 1 unspecified atom stereocenters. The molecule has 0 spiro atoms. The molecule has 0 aromatic heterocycles. The minimum Gasteiger partial charge on any atom is -0.508 e. The second-order valence-electron chi connectivity index (χ2n) is 6.06. The van der Waals surface area contributed by atoms with Crippen LogP contribution in [0.15, 0.2) is 72.5 Å². The number of phenols is 1. The number of rotatable bonds is 2. The molecule has 0 amide bonds. The molecule has 4 heteroatoms. The van der Waals surface area contributed by atoms with Gasteiger partial charge >= 0.3 is 0 Å². The number of anilines is 1. The average molecular weight is 345 g/mol. The summed E-state index contributed by atoms with van der Waals surface area (Å²) in [6.07, 6.45) is 1.77. The molecule has 130 valence electrons. The summed E-state index contributed by atoms with van der Waals surface area (Å²) in [5.74, 6) is 5.20. The topological polar surface area (TPSA) is 60.8 Å². The number of likely N-dealkylation sites (N-methyl/N-ethyl adjacent to an activating group) is 1. The van der Waals surface area contributed by atoms with Gasteiger partial charge in [0.15, 0.2) is 17.1 Å². The summed E-state index contributed by atoms with van der Waals surface area (Å²) in [5.41, 5.74) is 1.45. The molecule has 0 bridgehead atoms. The molecule has 0 saturated carbocycles. The van der Waals surface area contributed by atoms with Crippen LogP contribution in [-0.4, -0.2) is 23.0 Å². The normalized spacial score (nSPS) is 18.9. The number of carbonyl (C=O) groups excluding carboxylic acids is 1. The highest BCUT2D eigenvalue weighted by molar-refractivity contribution is 6.16. The van der Waals surface area contributed by atoms with Crippen LogP contribution in [0.5, 0.6) is 5.75 Å². The van der Waals surface area contributed by atoms with Gasteiger partial charge in [0.05, 0.1) is 0 Å². The summed E-state index contributed by atoms with van der Waals surface area (Å²) in [6, 6.07) is 13.9. The van der Waals surface area contributed by atoms with Crippen molar-refractivity contribution in [2.75, 3.05) is 11.9 Å². The first-order valence-corrected chi connectivity index (χ1v) is 8.16. The summed E-state index contributed by atoms with van der Waals surface area (Å²) in [7, 11) is 1.84. The Morgan fingerprint density at radius 2 is 1.81 bits per heavy atom. The molecular weight excluding hydrogens is 326 g/mol. The highest BCUT2D eigenvalue weighted by atomic mass is 16.3. The molecule has 0 fully saturated rings. The SMILES string of the molecule is C=C(O)C#C/C(=C\C)C1(c2ccc(O)cc2)C(=O)c2ccccc2N1C. The second kappa shape index (κ2) is 6.45. The molecular formula is C22H19NO3. The maximum absolute atomic E-state index is 13.6. The van der Waals surface area contributed by atoms with Crippen molar-refractivity contribution in [1.82, 2.24) is 0 Å². The molecule has 2 aromatic carbocycles. The monoisotopic (exact) mass is 345 g/mol. The summed E-state index contributed by atoms with van der Waals surface area (Å²) in [5, 5.41) is 19.1. The van der Waals surface area contributed by atoms with E-state index < -0.39 is 5.54 Å². The van der Waals surface area contributed by atoms with Crippen LogP contribution in [0.3, 0.4) is 0 Å². The fourth-order valence-electron chi connectivity index (χ4n) is 3.48. The van der Waals surface area contributed by atoms with Gasteiger partial charge in [-0.2, -0.15) is 0 Å². The molecule has 2 N–H and O–H groups in total. The number of benzene rings is 2. The van der Waals surface area contributed by atoms with Crippen LogP contribution in [0.2, 0.25) is 0 Å². The lowest BCUT2D eigenvalue weighted by Gasteiger charge is -2.37. The molecule has 0 radical (unpaired) electrons. The predicted octanol–water partition coefficient (Wildman–Crippen LogP) is 3.94. The first kappa shape index (κ1) is 17.4. The molecule has 1 heterocycles. The molecule has 1 atom stereocenters. The van der Waals surface area contributed by atoms with E-state index in [0.717, 1.165) is 5.69 Å². The van der Waals surface area contributed by atoms with Crippen LogP contribution >= 0.6 is 0 Å². The summed E-state index contributed by atoms with van der Waals surface area (Å²) < 4.78 is 0. The lowest BCUT2D eigenvalue weighted by Crippen LogP contribution is -2.47. The molecule has 0 saturated heterocycles. The quantitative estimate of drug-likeness (QED) is 0.639. The average Bonchev–Trinajstić information content (AvgIpc) is 2.86. The van der Waals surface area contributed by atoms with Gasteiger partial charge in [0.25, 0.3) is 0 Å². The molecule has 2 aromatic rings. The molecule has 3 rings (SSSR count). The zero-order valence-corrected chi connectivity index (χ0v) is 14.7. The van der Waals surface area contributed by atoms with E-state index in [-0.39, 0.29) is 17.3 Å². The van der Waals surface area contributed by atoms with Crippen LogP contribution in [0.1, 0.15) is 22.8 Å². The number of aromatic hydroxyl groups is 1. The standard InChI is InChI=1S/C22H19NO3/c1-4-16(10-9-15(2)24)22(17-11-13-18(25)14-12-17)21(26)19-7-5-6-8-20(19)23(22)3/h4-8,11-14,24-25H,2H2,1,3H3/b16-4+. The Balaban J connectivity index is 2.32. The Morgan fingerprint density at radius 1 is 1.15 bits per heavy atom. The zero-order valence-electron chi connectivity index (χ0n) is 14.7. The first-order chi connectivity index (χ1) is 12.4. The van der Waals surface area contributed by atoms with Gasteiger partial charge in [0.1, 0.15) is 5.75 Å². The van der Waals surface area contributed by atoms with E-state index in [1.165, 1.54) is 0 Å². The van der Waals surface area contributed by atoms with E-state index in [1.807, 2.05) is 30.1 Å². The van der Waals surface area contributed by atoms with E-state index in [1.54, 1.807) is 43.3 Å². The van der Waals surface area contributed by atoms with Crippen LogP contribution in [-0.2, 0) is 5.54 Å². The largest absolute Gasteiger partial charge is 0.508 e. The number of Topliss-reactive ketones (excluding diaryl/α,β-unsaturated/α-hetero) is 1.